The van der Waals surface area contributed by atoms with Crippen molar-refractivity contribution in [3.8, 4) is 11.8 Å². The van der Waals surface area contributed by atoms with E-state index in [1.807, 2.05) is 12.1 Å². The van der Waals surface area contributed by atoms with E-state index in [0.717, 1.165) is 25.3 Å². The van der Waals surface area contributed by atoms with Crippen LogP contribution in [0.4, 0.5) is 5.69 Å². The quantitative estimate of drug-likeness (QED) is 0.751. The highest BCUT2D eigenvalue weighted by Gasteiger charge is 2.21. The minimum atomic E-state index is 0.580. The fourth-order valence-electron chi connectivity index (χ4n) is 2.08. The number of nitriles is 1. The largest absolute Gasteiger partial charge is 0.496 e. The molecule has 0 unspecified atom stereocenters. The summed E-state index contributed by atoms with van der Waals surface area (Å²) in [7, 11) is 1.70. The van der Waals surface area contributed by atoms with Crippen LogP contribution in [0.25, 0.3) is 0 Å². The number of methoxy groups -OCH3 is 1. The summed E-state index contributed by atoms with van der Waals surface area (Å²) in [5.74, 6) is 0.965. The molecule has 1 aromatic rings. The van der Waals surface area contributed by atoms with Crippen molar-refractivity contribution in [2.45, 2.75) is 12.8 Å². The summed E-state index contributed by atoms with van der Waals surface area (Å²) in [6.07, 6.45) is 1.60. The molecule has 0 spiro atoms. The number of hydrogen-bond donors (Lipinski definition) is 0. The summed E-state index contributed by atoms with van der Waals surface area (Å²) in [6, 6.07) is 8.28. The molecule has 0 aromatic heterocycles. The van der Waals surface area contributed by atoms with Gasteiger partial charge in [0.1, 0.15) is 5.75 Å². The first-order valence-electron chi connectivity index (χ1n) is 5.14. The van der Waals surface area contributed by atoms with E-state index in [0.29, 0.717) is 6.42 Å². The van der Waals surface area contributed by atoms with E-state index in [4.69, 9.17) is 10.00 Å². The van der Waals surface area contributed by atoms with Crippen LogP contribution in [0.3, 0.4) is 0 Å². The Morgan fingerprint density at radius 3 is 3.13 bits per heavy atom. The number of rotatable bonds is 3. The topological polar surface area (TPSA) is 36.3 Å². The molecule has 3 nitrogen and oxygen atoms in total. The maximum absolute atomic E-state index is 8.57. The molecule has 1 aromatic carbocycles. The molecule has 0 N–H and O–H groups in total. The molecule has 2 rings (SSSR count). The first-order valence-corrected chi connectivity index (χ1v) is 5.14. The van der Waals surface area contributed by atoms with Gasteiger partial charge in [0.05, 0.1) is 19.6 Å². The van der Waals surface area contributed by atoms with Gasteiger partial charge in [0.25, 0.3) is 0 Å². The van der Waals surface area contributed by atoms with Gasteiger partial charge in [-0.1, -0.05) is 6.07 Å². The first kappa shape index (κ1) is 9.85. The highest BCUT2D eigenvalue weighted by Crippen LogP contribution is 2.34. The molecule has 1 heterocycles. The molecule has 15 heavy (non-hydrogen) atoms. The van der Waals surface area contributed by atoms with E-state index in [-0.39, 0.29) is 0 Å². The van der Waals surface area contributed by atoms with Gasteiger partial charge in [-0.05, 0) is 18.6 Å². The third-order valence-electron chi connectivity index (χ3n) is 2.79. The molecule has 3 heteroatoms. The van der Waals surface area contributed by atoms with Gasteiger partial charge in [0.15, 0.2) is 0 Å². The molecule has 1 aliphatic rings. The molecule has 0 saturated heterocycles. The number of hydrogen-bond acceptors (Lipinski definition) is 3. The monoisotopic (exact) mass is 202 g/mol. The molecular formula is C12H14N2O. The minimum Gasteiger partial charge on any atom is -0.496 e. The van der Waals surface area contributed by atoms with E-state index in [1.54, 1.807) is 7.11 Å². The Morgan fingerprint density at radius 2 is 2.40 bits per heavy atom. The molecule has 0 saturated carbocycles. The third-order valence-corrected chi connectivity index (χ3v) is 2.79. The third kappa shape index (κ3) is 1.75. The van der Waals surface area contributed by atoms with Gasteiger partial charge in [-0.2, -0.15) is 5.26 Å². The van der Waals surface area contributed by atoms with Gasteiger partial charge in [0.2, 0.25) is 0 Å². The van der Waals surface area contributed by atoms with Crippen molar-refractivity contribution in [2.75, 3.05) is 25.1 Å². The lowest BCUT2D eigenvalue weighted by Gasteiger charge is -2.17. The fraction of sp³-hybridized carbons (Fsp3) is 0.417. The van der Waals surface area contributed by atoms with E-state index >= 15 is 0 Å². The maximum atomic E-state index is 8.57. The van der Waals surface area contributed by atoms with Crippen LogP contribution in [0.5, 0.6) is 5.75 Å². The van der Waals surface area contributed by atoms with Crippen molar-refractivity contribution in [1.29, 1.82) is 5.26 Å². The molecule has 0 atom stereocenters. The molecule has 0 bridgehead atoms. The Hall–Kier alpha value is -1.69. The number of ether oxygens (including phenoxy) is 1. The lowest BCUT2D eigenvalue weighted by atomic mass is 10.1. The number of nitrogens with zero attached hydrogens (tertiary/aromatic N) is 2. The van der Waals surface area contributed by atoms with Crippen molar-refractivity contribution >= 4 is 5.69 Å². The SMILES string of the molecule is COc1cccc2c1CCN2CCC#N. The molecule has 0 amide bonds. The van der Waals surface area contributed by atoms with Crippen LogP contribution in [0, 0.1) is 11.3 Å². The second kappa shape index (κ2) is 4.22. The van der Waals surface area contributed by atoms with Crippen LogP contribution in [0.2, 0.25) is 0 Å². The predicted octanol–water partition coefficient (Wildman–Crippen LogP) is 1.97. The lowest BCUT2D eigenvalue weighted by molar-refractivity contribution is 0.411. The summed E-state index contributed by atoms with van der Waals surface area (Å²) in [6.45, 7) is 1.81. The normalized spacial score (nSPS) is 13.5. The van der Waals surface area contributed by atoms with E-state index < -0.39 is 0 Å². The average Bonchev–Trinajstić information content (AvgIpc) is 2.69. The van der Waals surface area contributed by atoms with Crippen molar-refractivity contribution in [3.63, 3.8) is 0 Å². The zero-order valence-electron chi connectivity index (χ0n) is 8.86. The van der Waals surface area contributed by atoms with Crippen molar-refractivity contribution in [3.05, 3.63) is 23.8 Å². The van der Waals surface area contributed by atoms with Crippen LogP contribution in [0.15, 0.2) is 18.2 Å². The zero-order chi connectivity index (χ0) is 10.7. The van der Waals surface area contributed by atoms with E-state index in [9.17, 15) is 0 Å². The van der Waals surface area contributed by atoms with Gasteiger partial charge in [-0.25, -0.2) is 0 Å². The van der Waals surface area contributed by atoms with Crippen LogP contribution >= 0.6 is 0 Å². The van der Waals surface area contributed by atoms with E-state index in [1.165, 1.54) is 11.3 Å². The van der Waals surface area contributed by atoms with Gasteiger partial charge in [-0.3, -0.25) is 0 Å². The number of anilines is 1. The summed E-state index contributed by atoms with van der Waals surface area (Å²) in [4.78, 5) is 2.25. The molecule has 0 fully saturated rings. The smallest absolute Gasteiger partial charge is 0.124 e. The first-order chi connectivity index (χ1) is 7.36. The van der Waals surface area contributed by atoms with Gasteiger partial charge < -0.3 is 9.64 Å². The molecule has 0 radical (unpaired) electrons. The summed E-state index contributed by atoms with van der Waals surface area (Å²) in [5.41, 5.74) is 2.50. The Kier molecular flexibility index (Phi) is 2.77. The maximum Gasteiger partial charge on any atom is 0.124 e. The molecule has 1 aliphatic heterocycles. The van der Waals surface area contributed by atoms with Crippen LogP contribution < -0.4 is 9.64 Å². The minimum absolute atomic E-state index is 0.580. The average molecular weight is 202 g/mol. The summed E-state index contributed by atoms with van der Waals surface area (Å²) in [5, 5.41) is 8.57. The van der Waals surface area contributed by atoms with E-state index in [2.05, 4.69) is 17.0 Å². The summed E-state index contributed by atoms with van der Waals surface area (Å²) < 4.78 is 5.32. The van der Waals surface area contributed by atoms with Gasteiger partial charge in [0, 0.05) is 24.3 Å². The van der Waals surface area contributed by atoms with Crippen LogP contribution in [-0.2, 0) is 6.42 Å². The second-order valence-corrected chi connectivity index (χ2v) is 3.60. The molecule has 78 valence electrons. The highest BCUT2D eigenvalue weighted by molar-refractivity contribution is 5.63. The predicted molar refractivity (Wildman–Crippen MR) is 59.1 cm³/mol. The molecule has 0 aliphatic carbocycles. The Morgan fingerprint density at radius 1 is 1.53 bits per heavy atom. The Balaban J connectivity index is 2.24. The highest BCUT2D eigenvalue weighted by atomic mass is 16.5. The lowest BCUT2D eigenvalue weighted by Crippen LogP contribution is -2.21. The van der Waals surface area contributed by atoms with Crippen molar-refractivity contribution < 1.29 is 4.74 Å². The standard InChI is InChI=1S/C12H14N2O/c1-15-12-5-2-4-11-10(12)6-9-14(11)8-3-7-13/h2,4-5H,3,6,8-9H2,1H3. The number of fused-ring (bicyclic) bond motifs is 1. The summed E-state index contributed by atoms with van der Waals surface area (Å²) >= 11 is 0. The van der Waals surface area contributed by atoms with Gasteiger partial charge >= 0.3 is 0 Å². The number of benzene rings is 1. The Bertz CT molecular complexity index is 395. The van der Waals surface area contributed by atoms with Crippen LogP contribution in [-0.4, -0.2) is 20.2 Å². The Labute approximate surface area is 89.9 Å². The van der Waals surface area contributed by atoms with Crippen LogP contribution in [0.1, 0.15) is 12.0 Å². The van der Waals surface area contributed by atoms with Crippen molar-refractivity contribution in [2.24, 2.45) is 0 Å². The van der Waals surface area contributed by atoms with Crippen molar-refractivity contribution in [1.82, 2.24) is 0 Å². The molecular weight excluding hydrogens is 188 g/mol. The van der Waals surface area contributed by atoms with Gasteiger partial charge in [-0.15, -0.1) is 0 Å². The second-order valence-electron chi connectivity index (χ2n) is 3.60. The fourth-order valence-corrected chi connectivity index (χ4v) is 2.08. The zero-order valence-corrected chi connectivity index (χ0v) is 8.86.